The third kappa shape index (κ3) is 5.12. The van der Waals surface area contributed by atoms with Crippen LogP contribution >= 0.6 is 0 Å². The molecule has 1 N–H and O–H groups in total. The highest BCUT2D eigenvalue weighted by Gasteiger charge is 2.45. The Labute approximate surface area is 189 Å². The van der Waals surface area contributed by atoms with Crippen molar-refractivity contribution in [3.8, 4) is 5.75 Å². The predicted molar refractivity (Wildman–Crippen MR) is 125 cm³/mol. The van der Waals surface area contributed by atoms with E-state index in [9.17, 15) is 4.39 Å². The number of rotatable bonds is 8. The molecule has 168 valence electrons. The lowest BCUT2D eigenvalue weighted by molar-refractivity contribution is -0.167. The van der Waals surface area contributed by atoms with Crippen LogP contribution in [0.5, 0.6) is 5.75 Å². The van der Waals surface area contributed by atoms with E-state index in [1.54, 1.807) is 6.07 Å². The van der Waals surface area contributed by atoms with Crippen LogP contribution in [0.4, 0.5) is 10.1 Å². The van der Waals surface area contributed by atoms with Gasteiger partial charge in [0.15, 0.2) is 0 Å². The van der Waals surface area contributed by atoms with Crippen molar-refractivity contribution >= 4 is 5.69 Å². The Bertz CT molecular complexity index is 1040. The Morgan fingerprint density at radius 1 is 0.938 bits per heavy atom. The van der Waals surface area contributed by atoms with E-state index in [1.807, 2.05) is 57.3 Å². The minimum absolute atomic E-state index is 0.273. The number of hydrogen-bond donors (Lipinski definition) is 1. The van der Waals surface area contributed by atoms with Crippen LogP contribution in [0.1, 0.15) is 36.6 Å². The van der Waals surface area contributed by atoms with Gasteiger partial charge in [0.05, 0.1) is 13.2 Å². The van der Waals surface area contributed by atoms with E-state index in [4.69, 9.17) is 14.2 Å². The third-order valence-electron chi connectivity index (χ3n) is 5.79. The van der Waals surface area contributed by atoms with Gasteiger partial charge in [-0.15, -0.1) is 0 Å². The van der Waals surface area contributed by atoms with Gasteiger partial charge < -0.3 is 19.5 Å². The Kier molecular flexibility index (Phi) is 6.77. The fraction of sp³-hybridized carbons (Fsp3) is 0.333. The Hall–Kier alpha value is -2.89. The molecule has 32 heavy (non-hydrogen) atoms. The SMILES string of the molecule is CNc1ccc2c(c1)C(OCCc1ccccc1)C(OCc1cccc(F)c1)C(C)(C)O2. The molecule has 0 saturated heterocycles. The average Bonchev–Trinajstić information content (AvgIpc) is 2.78. The fourth-order valence-corrected chi connectivity index (χ4v) is 4.11. The van der Waals surface area contributed by atoms with Crippen LogP contribution in [0.15, 0.2) is 72.8 Å². The normalized spacial score (nSPS) is 19.1. The van der Waals surface area contributed by atoms with E-state index in [0.717, 1.165) is 29.0 Å². The van der Waals surface area contributed by atoms with E-state index in [2.05, 4.69) is 23.5 Å². The second-order valence-electron chi connectivity index (χ2n) is 8.60. The zero-order valence-electron chi connectivity index (χ0n) is 18.8. The molecule has 0 aromatic heterocycles. The van der Waals surface area contributed by atoms with Crippen molar-refractivity contribution in [1.82, 2.24) is 0 Å². The smallest absolute Gasteiger partial charge is 0.132 e. The Morgan fingerprint density at radius 3 is 2.47 bits per heavy atom. The first-order valence-corrected chi connectivity index (χ1v) is 11.0. The predicted octanol–water partition coefficient (Wildman–Crippen LogP) is 5.92. The summed E-state index contributed by atoms with van der Waals surface area (Å²) < 4.78 is 32.8. The van der Waals surface area contributed by atoms with E-state index in [-0.39, 0.29) is 24.6 Å². The van der Waals surface area contributed by atoms with Crippen LogP contribution in [0.3, 0.4) is 0 Å². The quantitative estimate of drug-likeness (QED) is 0.476. The maximum Gasteiger partial charge on any atom is 0.132 e. The highest BCUT2D eigenvalue weighted by Crippen LogP contribution is 2.44. The van der Waals surface area contributed by atoms with Crippen molar-refractivity contribution in [2.75, 3.05) is 19.0 Å². The van der Waals surface area contributed by atoms with Crippen LogP contribution in [-0.4, -0.2) is 25.4 Å². The summed E-state index contributed by atoms with van der Waals surface area (Å²) in [4.78, 5) is 0. The largest absolute Gasteiger partial charge is 0.485 e. The minimum Gasteiger partial charge on any atom is -0.485 e. The summed E-state index contributed by atoms with van der Waals surface area (Å²) in [5.74, 6) is 0.522. The van der Waals surface area contributed by atoms with Crippen molar-refractivity contribution in [2.24, 2.45) is 0 Å². The number of anilines is 1. The monoisotopic (exact) mass is 435 g/mol. The van der Waals surface area contributed by atoms with Gasteiger partial charge in [-0.2, -0.15) is 0 Å². The summed E-state index contributed by atoms with van der Waals surface area (Å²) in [5.41, 5.74) is 3.30. The maximum atomic E-state index is 13.7. The van der Waals surface area contributed by atoms with Crippen molar-refractivity contribution in [3.05, 3.63) is 95.3 Å². The molecular weight excluding hydrogens is 405 g/mol. The molecule has 0 radical (unpaired) electrons. The van der Waals surface area contributed by atoms with Crippen molar-refractivity contribution < 1.29 is 18.6 Å². The number of halogens is 1. The molecule has 1 aliphatic rings. The lowest BCUT2D eigenvalue weighted by atomic mass is 9.87. The average molecular weight is 436 g/mol. The number of nitrogens with one attached hydrogen (secondary N) is 1. The summed E-state index contributed by atoms with van der Waals surface area (Å²) in [5, 5.41) is 3.19. The number of fused-ring (bicyclic) bond motifs is 1. The molecule has 0 aliphatic carbocycles. The van der Waals surface area contributed by atoms with E-state index in [0.29, 0.717) is 6.61 Å². The molecule has 1 heterocycles. The van der Waals surface area contributed by atoms with Crippen LogP contribution < -0.4 is 10.1 Å². The van der Waals surface area contributed by atoms with Crippen LogP contribution in [-0.2, 0) is 22.5 Å². The molecular formula is C27H30FNO3. The summed E-state index contributed by atoms with van der Waals surface area (Å²) in [7, 11) is 1.89. The standard InChI is InChI=1S/C27H30FNO3/c1-27(2)26(31-18-20-10-7-11-21(28)16-20)25(30-15-14-19-8-5-4-6-9-19)23-17-22(29-3)12-13-24(23)32-27/h4-13,16-17,25-26,29H,14-15,18H2,1-3H3. The van der Waals surface area contributed by atoms with Gasteiger partial charge in [-0.1, -0.05) is 42.5 Å². The molecule has 2 atom stereocenters. The summed E-state index contributed by atoms with van der Waals surface area (Å²) in [6.07, 6.45) is 0.108. The topological polar surface area (TPSA) is 39.7 Å². The fourth-order valence-electron chi connectivity index (χ4n) is 4.11. The molecule has 3 aromatic rings. The van der Waals surface area contributed by atoms with E-state index >= 15 is 0 Å². The van der Waals surface area contributed by atoms with Crippen molar-refractivity contribution in [1.29, 1.82) is 0 Å². The molecule has 0 spiro atoms. The van der Waals surface area contributed by atoms with Gasteiger partial charge in [0.25, 0.3) is 0 Å². The molecule has 2 unspecified atom stereocenters. The summed E-state index contributed by atoms with van der Waals surface area (Å²) in [6.45, 7) is 4.83. The maximum absolute atomic E-state index is 13.7. The van der Waals surface area contributed by atoms with Crippen molar-refractivity contribution in [2.45, 2.75) is 44.7 Å². The van der Waals surface area contributed by atoms with E-state index in [1.165, 1.54) is 17.7 Å². The van der Waals surface area contributed by atoms with Crippen LogP contribution in [0.25, 0.3) is 0 Å². The Balaban J connectivity index is 1.59. The zero-order valence-corrected chi connectivity index (χ0v) is 18.8. The van der Waals surface area contributed by atoms with Gasteiger partial charge >= 0.3 is 0 Å². The number of benzene rings is 3. The highest BCUT2D eigenvalue weighted by atomic mass is 19.1. The van der Waals surface area contributed by atoms with Gasteiger partial charge in [0.1, 0.15) is 29.4 Å². The molecule has 3 aromatic carbocycles. The van der Waals surface area contributed by atoms with Crippen molar-refractivity contribution in [3.63, 3.8) is 0 Å². The molecule has 0 fully saturated rings. The van der Waals surface area contributed by atoms with Crippen LogP contribution in [0.2, 0.25) is 0 Å². The summed E-state index contributed by atoms with van der Waals surface area (Å²) in [6, 6.07) is 22.8. The van der Waals surface area contributed by atoms with Crippen LogP contribution in [0, 0.1) is 5.82 Å². The van der Waals surface area contributed by atoms with Gasteiger partial charge in [-0.25, -0.2) is 4.39 Å². The van der Waals surface area contributed by atoms with E-state index < -0.39 is 5.60 Å². The molecule has 4 nitrogen and oxygen atoms in total. The first-order valence-electron chi connectivity index (χ1n) is 11.0. The lowest BCUT2D eigenvalue weighted by Gasteiger charge is -2.44. The van der Waals surface area contributed by atoms with Gasteiger partial charge in [-0.05, 0) is 61.7 Å². The third-order valence-corrected chi connectivity index (χ3v) is 5.79. The summed E-state index contributed by atoms with van der Waals surface area (Å²) >= 11 is 0. The molecule has 0 saturated carbocycles. The molecule has 0 bridgehead atoms. The molecule has 0 amide bonds. The van der Waals surface area contributed by atoms with Gasteiger partial charge in [0.2, 0.25) is 0 Å². The molecule has 1 aliphatic heterocycles. The molecule has 4 rings (SSSR count). The van der Waals surface area contributed by atoms with Gasteiger partial charge in [-0.3, -0.25) is 0 Å². The number of ether oxygens (including phenoxy) is 3. The first-order chi connectivity index (χ1) is 15.5. The highest BCUT2D eigenvalue weighted by molar-refractivity contribution is 5.53. The lowest BCUT2D eigenvalue weighted by Crippen LogP contribution is -2.51. The molecule has 5 heteroatoms. The second kappa shape index (κ2) is 9.72. The zero-order chi connectivity index (χ0) is 22.6. The van der Waals surface area contributed by atoms with Gasteiger partial charge in [0, 0.05) is 18.3 Å². The Morgan fingerprint density at radius 2 is 1.72 bits per heavy atom. The number of hydrogen-bond acceptors (Lipinski definition) is 4. The first kappa shape index (κ1) is 22.3. The second-order valence-corrected chi connectivity index (χ2v) is 8.60. The minimum atomic E-state index is -0.626.